The monoisotopic (exact) mass is 206 g/mol. The minimum atomic E-state index is 0.403. The van der Waals surface area contributed by atoms with E-state index in [1.165, 1.54) is 0 Å². The van der Waals surface area contributed by atoms with Crippen LogP contribution < -0.4 is 9.47 Å². The SMILES string of the molecule is COc1cccc(C=CCC=O)c1OC. The fraction of sp³-hybridized carbons (Fsp3) is 0.250. The van der Waals surface area contributed by atoms with E-state index in [1.807, 2.05) is 24.3 Å². The second-order valence-corrected chi connectivity index (χ2v) is 2.89. The van der Waals surface area contributed by atoms with Crippen LogP contribution in [0.5, 0.6) is 11.5 Å². The number of ether oxygens (including phenoxy) is 2. The topological polar surface area (TPSA) is 35.5 Å². The van der Waals surface area contributed by atoms with Crippen molar-refractivity contribution < 1.29 is 14.3 Å². The van der Waals surface area contributed by atoms with Gasteiger partial charge in [0.2, 0.25) is 0 Å². The van der Waals surface area contributed by atoms with Gasteiger partial charge in [0.25, 0.3) is 0 Å². The molecule has 0 atom stereocenters. The van der Waals surface area contributed by atoms with Gasteiger partial charge in [0, 0.05) is 12.0 Å². The molecule has 0 amide bonds. The van der Waals surface area contributed by atoms with Gasteiger partial charge in [-0.1, -0.05) is 24.3 Å². The second kappa shape index (κ2) is 5.86. The summed E-state index contributed by atoms with van der Waals surface area (Å²) in [5.74, 6) is 1.37. The highest BCUT2D eigenvalue weighted by atomic mass is 16.5. The van der Waals surface area contributed by atoms with Crippen molar-refractivity contribution in [1.29, 1.82) is 0 Å². The first-order valence-corrected chi connectivity index (χ1v) is 4.64. The average Bonchev–Trinajstić information content (AvgIpc) is 2.29. The minimum absolute atomic E-state index is 0.403. The average molecular weight is 206 g/mol. The summed E-state index contributed by atoms with van der Waals surface area (Å²) in [7, 11) is 3.19. The molecule has 3 heteroatoms. The molecule has 0 saturated carbocycles. The lowest BCUT2D eigenvalue weighted by molar-refractivity contribution is -0.107. The Bertz CT molecular complexity index is 356. The van der Waals surface area contributed by atoms with Crippen LogP contribution in [0.2, 0.25) is 0 Å². The predicted molar refractivity (Wildman–Crippen MR) is 59.3 cm³/mol. The Morgan fingerprint density at radius 2 is 2.07 bits per heavy atom. The van der Waals surface area contributed by atoms with Crippen LogP contribution in [-0.4, -0.2) is 20.5 Å². The van der Waals surface area contributed by atoms with Crippen molar-refractivity contribution in [2.24, 2.45) is 0 Å². The molecule has 1 aromatic carbocycles. The van der Waals surface area contributed by atoms with Crippen molar-refractivity contribution in [3.63, 3.8) is 0 Å². The molecule has 0 N–H and O–H groups in total. The third-order valence-corrected chi connectivity index (χ3v) is 1.96. The first kappa shape index (κ1) is 11.3. The maximum atomic E-state index is 10.2. The molecule has 0 saturated heterocycles. The Morgan fingerprint density at radius 1 is 1.27 bits per heavy atom. The summed E-state index contributed by atoms with van der Waals surface area (Å²) >= 11 is 0. The molecule has 0 fully saturated rings. The lowest BCUT2D eigenvalue weighted by Crippen LogP contribution is -1.92. The van der Waals surface area contributed by atoms with Crippen molar-refractivity contribution in [2.75, 3.05) is 14.2 Å². The lowest BCUT2D eigenvalue weighted by Gasteiger charge is -2.09. The number of methoxy groups -OCH3 is 2. The highest BCUT2D eigenvalue weighted by Crippen LogP contribution is 2.31. The smallest absolute Gasteiger partial charge is 0.167 e. The van der Waals surface area contributed by atoms with Gasteiger partial charge in [-0.2, -0.15) is 0 Å². The number of aldehydes is 1. The van der Waals surface area contributed by atoms with Crippen molar-refractivity contribution in [2.45, 2.75) is 6.42 Å². The quantitative estimate of drug-likeness (QED) is 0.693. The maximum Gasteiger partial charge on any atom is 0.167 e. The minimum Gasteiger partial charge on any atom is -0.493 e. The van der Waals surface area contributed by atoms with E-state index in [9.17, 15) is 4.79 Å². The van der Waals surface area contributed by atoms with Crippen molar-refractivity contribution in [3.8, 4) is 11.5 Å². The van der Waals surface area contributed by atoms with Crippen molar-refractivity contribution >= 4 is 12.4 Å². The molecule has 0 heterocycles. The Hall–Kier alpha value is -1.77. The molecule has 1 aromatic rings. The number of carbonyl (C=O) groups is 1. The van der Waals surface area contributed by atoms with Crippen LogP contribution in [0.15, 0.2) is 24.3 Å². The zero-order valence-corrected chi connectivity index (χ0v) is 8.90. The molecule has 0 radical (unpaired) electrons. The van der Waals surface area contributed by atoms with Crippen LogP contribution in [0.3, 0.4) is 0 Å². The third-order valence-electron chi connectivity index (χ3n) is 1.96. The lowest BCUT2D eigenvalue weighted by atomic mass is 10.1. The molecule has 3 nitrogen and oxygen atoms in total. The van der Waals surface area contributed by atoms with E-state index in [-0.39, 0.29) is 0 Å². The normalized spacial score (nSPS) is 10.3. The highest BCUT2D eigenvalue weighted by molar-refractivity contribution is 5.64. The van der Waals surface area contributed by atoms with E-state index >= 15 is 0 Å². The van der Waals surface area contributed by atoms with E-state index in [0.29, 0.717) is 17.9 Å². The molecule has 15 heavy (non-hydrogen) atoms. The van der Waals surface area contributed by atoms with Gasteiger partial charge < -0.3 is 14.3 Å². The van der Waals surface area contributed by atoms with E-state index in [2.05, 4.69) is 0 Å². The fourth-order valence-electron chi connectivity index (χ4n) is 1.29. The fourth-order valence-corrected chi connectivity index (χ4v) is 1.29. The van der Waals surface area contributed by atoms with Gasteiger partial charge in [0.15, 0.2) is 11.5 Å². The van der Waals surface area contributed by atoms with Gasteiger partial charge in [-0.25, -0.2) is 0 Å². The summed E-state index contributed by atoms with van der Waals surface area (Å²) in [6.45, 7) is 0. The molecule has 0 aliphatic rings. The molecule has 0 aliphatic carbocycles. The largest absolute Gasteiger partial charge is 0.493 e. The number of carbonyl (C=O) groups excluding carboxylic acids is 1. The third kappa shape index (κ3) is 2.84. The van der Waals surface area contributed by atoms with E-state index in [0.717, 1.165) is 11.8 Å². The van der Waals surface area contributed by atoms with Crippen LogP contribution >= 0.6 is 0 Å². The maximum absolute atomic E-state index is 10.2. The van der Waals surface area contributed by atoms with Gasteiger partial charge in [-0.05, 0) is 6.07 Å². The van der Waals surface area contributed by atoms with Crippen LogP contribution in [0, 0.1) is 0 Å². The number of benzene rings is 1. The van der Waals surface area contributed by atoms with Gasteiger partial charge >= 0.3 is 0 Å². The Labute approximate surface area is 89.3 Å². The van der Waals surface area contributed by atoms with E-state index in [4.69, 9.17) is 9.47 Å². The van der Waals surface area contributed by atoms with E-state index < -0.39 is 0 Å². The standard InChI is InChI=1S/C12H14O3/c1-14-11-8-5-7-10(12(11)15-2)6-3-4-9-13/h3,5-9H,4H2,1-2H3. The van der Waals surface area contributed by atoms with Gasteiger partial charge in [0.1, 0.15) is 6.29 Å². The molecule has 0 aromatic heterocycles. The van der Waals surface area contributed by atoms with Crippen LogP contribution in [0.25, 0.3) is 6.08 Å². The summed E-state index contributed by atoms with van der Waals surface area (Å²) in [6.07, 6.45) is 4.88. The number of para-hydroxylation sites is 1. The van der Waals surface area contributed by atoms with Gasteiger partial charge in [-0.15, -0.1) is 0 Å². The summed E-state index contributed by atoms with van der Waals surface area (Å²) in [6, 6.07) is 5.61. The molecule has 80 valence electrons. The van der Waals surface area contributed by atoms with E-state index in [1.54, 1.807) is 20.3 Å². The molecule has 0 spiro atoms. The Morgan fingerprint density at radius 3 is 2.67 bits per heavy atom. The van der Waals surface area contributed by atoms with Crippen LogP contribution in [0.1, 0.15) is 12.0 Å². The first-order chi connectivity index (χ1) is 7.33. The summed E-state index contributed by atoms with van der Waals surface area (Å²) < 4.78 is 10.4. The predicted octanol–water partition coefficient (Wildman–Crippen LogP) is 2.31. The number of rotatable bonds is 5. The van der Waals surface area contributed by atoms with Crippen LogP contribution in [0.4, 0.5) is 0 Å². The Kier molecular flexibility index (Phi) is 4.41. The number of allylic oxidation sites excluding steroid dienone is 1. The molecule has 0 aliphatic heterocycles. The zero-order valence-electron chi connectivity index (χ0n) is 8.90. The van der Waals surface area contributed by atoms with Gasteiger partial charge in [0.05, 0.1) is 14.2 Å². The van der Waals surface area contributed by atoms with Crippen LogP contribution in [-0.2, 0) is 4.79 Å². The molecule has 1 rings (SSSR count). The molecule has 0 bridgehead atoms. The number of hydrogen-bond acceptors (Lipinski definition) is 3. The Balaban J connectivity index is 3.00. The summed E-state index contributed by atoms with van der Waals surface area (Å²) in [4.78, 5) is 10.2. The first-order valence-electron chi connectivity index (χ1n) is 4.64. The van der Waals surface area contributed by atoms with Crippen molar-refractivity contribution in [3.05, 3.63) is 29.8 Å². The summed E-state index contributed by atoms with van der Waals surface area (Å²) in [5.41, 5.74) is 0.902. The van der Waals surface area contributed by atoms with Crippen molar-refractivity contribution in [1.82, 2.24) is 0 Å². The zero-order chi connectivity index (χ0) is 11.1. The molecular formula is C12H14O3. The second-order valence-electron chi connectivity index (χ2n) is 2.89. The molecular weight excluding hydrogens is 192 g/mol. The van der Waals surface area contributed by atoms with Gasteiger partial charge in [-0.3, -0.25) is 0 Å². The highest BCUT2D eigenvalue weighted by Gasteiger charge is 2.05. The molecule has 0 unspecified atom stereocenters. The number of hydrogen-bond donors (Lipinski definition) is 0. The summed E-state index contributed by atoms with van der Waals surface area (Å²) in [5, 5.41) is 0.